The molecule has 0 aliphatic rings. The zero-order valence-corrected chi connectivity index (χ0v) is 10.2. The van der Waals surface area contributed by atoms with Crippen LogP contribution in [0.1, 0.15) is 0 Å². The van der Waals surface area contributed by atoms with Gasteiger partial charge in [0.15, 0.2) is 0 Å². The Balaban J connectivity index is 2.29. The third-order valence-electron chi connectivity index (χ3n) is 3.14. The molecule has 0 N–H and O–H groups in total. The van der Waals surface area contributed by atoms with Crippen molar-refractivity contribution in [1.29, 1.82) is 0 Å². The number of aromatic nitrogens is 1. The van der Waals surface area contributed by atoms with Crippen molar-refractivity contribution in [3.63, 3.8) is 0 Å². The summed E-state index contributed by atoms with van der Waals surface area (Å²) >= 11 is 0. The molecule has 0 aliphatic heterocycles. The molecule has 3 aromatic rings. The SMILES string of the molecule is Fc1ccc(-c2cn(C(F)(F)F)c3ccccc23)cc1. The molecule has 0 fully saturated rings. The maximum atomic E-state index is 13.0. The van der Waals surface area contributed by atoms with Crippen molar-refractivity contribution < 1.29 is 17.6 Å². The topological polar surface area (TPSA) is 4.93 Å². The van der Waals surface area contributed by atoms with Crippen LogP contribution in [0.4, 0.5) is 17.6 Å². The first-order valence-electron chi connectivity index (χ1n) is 5.90. The molecule has 0 unspecified atom stereocenters. The van der Waals surface area contributed by atoms with Gasteiger partial charge in [-0.2, -0.15) is 0 Å². The molecule has 0 aliphatic carbocycles. The van der Waals surface area contributed by atoms with Gasteiger partial charge in [-0.25, -0.2) is 4.39 Å². The molecule has 1 heterocycles. The van der Waals surface area contributed by atoms with Gasteiger partial charge in [-0.1, -0.05) is 30.3 Å². The molecule has 20 heavy (non-hydrogen) atoms. The van der Waals surface area contributed by atoms with Crippen molar-refractivity contribution in [2.24, 2.45) is 0 Å². The van der Waals surface area contributed by atoms with Crippen LogP contribution in [-0.4, -0.2) is 4.57 Å². The van der Waals surface area contributed by atoms with E-state index in [1.807, 2.05) is 0 Å². The standard InChI is InChI=1S/C15H9F4N/c16-11-7-5-10(6-8-11)13-9-20(15(17,18)19)14-4-2-1-3-12(13)14/h1-9H. The van der Waals surface area contributed by atoms with E-state index in [0.717, 1.165) is 6.20 Å². The van der Waals surface area contributed by atoms with Gasteiger partial charge in [-0.05, 0) is 23.8 Å². The minimum absolute atomic E-state index is 0.0827. The molecule has 0 spiro atoms. The Morgan fingerprint density at radius 2 is 1.50 bits per heavy atom. The van der Waals surface area contributed by atoms with E-state index in [-0.39, 0.29) is 10.1 Å². The number of fused-ring (bicyclic) bond motifs is 1. The van der Waals surface area contributed by atoms with E-state index in [0.29, 0.717) is 16.5 Å². The number of nitrogens with zero attached hydrogens (tertiary/aromatic N) is 1. The molecule has 2 aromatic carbocycles. The molecule has 0 saturated carbocycles. The van der Waals surface area contributed by atoms with Gasteiger partial charge in [-0.15, -0.1) is 13.2 Å². The first kappa shape index (κ1) is 12.7. The molecule has 0 bridgehead atoms. The van der Waals surface area contributed by atoms with Crippen LogP contribution in [0.15, 0.2) is 54.7 Å². The lowest BCUT2D eigenvalue weighted by atomic mass is 10.1. The van der Waals surface area contributed by atoms with Crippen molar-refractivity contribution in [2.45, 2.75) is 6.30 Å². The van der Waals surface area contributed by atoms with Gasteiger partial charge in [0.1, 0.15) is 5.82 Å². The summed E-state index contributed by atoms with van der Waals surface area (Å²) in [6.45, 7) is 0. The van der Waals surface area contributed by atoms with E-state index in [1.54, 1.807) is 18.2 Å². The predicted molar refractivity (Wildman–Crippen MR) is 68.6 cm³/mol. The molecular formula is C15H9F4N. The van der Waals surface area contributed by atoms with Crippen molar-refractivity contribution >= 4 is 10.9 Å². The first-order chi connectivity index (χ1) is 9.47. The maximum Gasteiger partial charge on any atom is 0.488 e. The number of benzene rings is 2. The highest BCUT2D eigenvalue weighted by atomic mass is 19.4. The lowest BCUT2D eigenvalue weighted by Crippen LogP contribution is -2.14. The summed E-state index contributed by atoms with van der Waals surface area (Å²) in [6, 6.07) is 11.7. The van der Waals surface area contributed by atoms with Gasteiger partial charge in [0.05, 0.1) is 5.52 Å². The highest BCUT2D eigenvalue weighted by Crippen LogP contribution is 2.36. The zero-order chi connectivity index (χ0) is 14.3. The van der Waals surface area contributed by atoms with Crippen LogP contribution >= 0.6 is 0 Å². The average molecular weight is 279 g/mol. The molecule has 0 amide bonds. The number of hydrogen-bond donors (Lipinski definition) is 0. The Bertz CT molecular complexity index is 754. The van der Waals surface area contributed by atoms with Crippen LogP contribution in [-0.2, 0) is 6.30 Å². The second-order valence-corrected chi connectivity index (χ2v) is 4.40. The van der Waals surface area contributed by atoms with Gasteiger partial charge in [0, 0.05) is 17.1 Å². The summed E-state index contributed by atoms with van der Waals surface area (Å²) in [5.74, 6) is -0.423. The van der Waals surface area contributed by atoms with Crippen molar-refractivity contribution in [3.8, 4) is 11.1 Å². The van der Waals surface area contributed by atoms with Gasteiger partial charge < -0.3 is 0 Å². The third-order valence-corrected chi connectivity index (χ3v) is 3.14. The summed E-state index contributed by atoms with van der Waals surface area (Å²) in [6.07, 6.45) is -3.45. The predicted octanol–water partition coefficient (Wildman–Crippen LogP) is 4.92. The number of halogens is 4. The summed E-state index contributed by atoms with van der Waals surface area (Å²) in [4.78, 5) is 0. The van der Waals surface area contributed by atoms with E-state index in [1.165, 1.54) is 30.3 Å². The molecule has 0 atom stereocenters. The monoisotopic (exact) mass is 279 g/mol. The lowest BCUT2D eigenvalue weighted by molar-refractivity contribution is -0.200. The molecule has 3 rings (SSSR count). The van der Waals surface area contributed by atoms with E-state index in [2.05, 4.69) is 0 Å². The number of hydrogen-bond acceptors (Lipinski definition) is 0. The molecule has 5 heteroatoms. The molecule has 1 aromatic heterocycles. The van der Waals surface area contributed by atoms with Crippen LogP contribution in [0.25, 0.3) is 22.0 Å². The second kappa shape index (κ2) is 4.37. The Kier molecular flexibility index (Phi) is 2.78. The Hall–Kier alpha value is -2.30. The van der Waals surface area contributed by atoms with Gasteiger partial charge in [-0.3, -0.25) is 4.57 Å². The van der Waals surface area contributed by atoms with E-state index >= 15 is 0 Å². The number of alkyl halides is 3. The van der Waals surface area contributed by atoms with Gasteiger partial charge in [0.2, 0.25) is 0 Å². The smallest absolute Gasteiger partial charge is 0.258 e. The molecule has 1 nitrogen and oxygen atoms in total. The fourth-order valence-electron chi connectivity index (χ4n) is 2.25. The fraction of sp³-hybridized carbons (Fsp3) is 0.0667. The summed E-state index contributed by atoms with van der Waals surface area (Å²) in [5.41, 5.74) is 1.06. The second-order valence-electron chi connectivity index (χ2n) is 4.40. The van der Waals surface area contributed by atoms with Crippen LogP contribution in [0.3, 0.4) is 0 Å². The van der Waals surface area contributed by atoms with E-state index in [4.69, 9.17) is 0 Å². The summed E-state index contributed by atoms with van der Waals surface area (Å²) < 4.78 is 52.2. The van der Waals surface area contributed by atoms with Gasteiger partial charge >= 0.3 is 6.30 Å². The normalized spacial score (nSPS) is 12.0. The fourth-order valence-corrected chi connectivity index (χ4v) is 2.25. The summed E-state index contributed by atoms with van der Waals surface area (Å²) in [5, 5.41) is 0.483. The lowest BCUT2D eigenvalue weighted by Gasteiger charge is -2.08. The Morgan fingerprint density at radius 3 is 2.15 bits per heavy atom. The first-order valence-corrected chi connectivity index (χ1v) is 5.90. The van der Waals surface area contributed by atoms with Crippen LogP contribution in [0.5, 0.6) is 0 Å². The van der Waals surface area contributed by atoms with Crippen molar-refractivity contribution in [1.82, 2.24) is 4.57 Å². The number of para-hydroxylation sites is 1. The summed E-state index contributed by atoms with van der Waals surface area (Å²) in [7, 11) is 0. The molecule has 0 radical (unpaired) electrons. The quantitative estimate of drug-likeness (QED) is 0.557. The minimum Gasteiger partial charge on any atom is -0.258 e. The van der Waals surface area contributed by atoms with Gasteiger partial charge in [0.25, 0.3) is 0 Å². The highest BCUT2D eigenvalue weighted by Gasteiger charge is 2.32. The van der Waals surface area contributed by atoms with Crippen LogP contribution < -0.4 is 0 Å². The molecular weight excluding hydrogens is 270 g/mol. The Labute approximate surface area is 112 Å². The Morgan fingerprint density at radius 1 is 0.850 bits per heavy atom. The molecule has 0 saturated heterocycles. The minimum atomic E-state index is -4.49. The zero-order valence-electron chi connectivity index (χ0n) is 10.2. The van der Waals surface area contributed by atoms with Crippen LogP contribution in [0, 0.1) is 5.82 Å². The van der Waals surface area contributed by atoms with Crippen molar-refractivity contribution in [3.05, 3.63) is 60.5 Å². The largest absolute Gasteiger partial charge is 0.488 e. The highest BCUT2D eigenvalue weighted by molar-refractivity contribution is 5.96. The maximum absolute atomic E-state index is 13.0. The average Bonchev–Trinajstić information content (AvgIpc) is 2.79. The van der Waals surface area contributed by atoms with Crippen molar-refractivity contribution in [2.75, 3.05) is 0 Å². The van der Waals surface area contributed by atoms with E-state index < -0.39 is 12.1 Å². The molecule has 102 valence electrons. The number of rotatable bonds is 1. The van der Waals surface area contributed by atoms with Crippen LogP contribution in [0.2, 0.25) is 0 Å². The third kappa shape index (κ3) is 2.05. The van der Waals surface area contributed by atoms with E-state index in [9.17, 15) is 17.6 Å².